The maximum atomic E-state index is 11.2. The van der Waals surface area contributed by atoms with Gasteiger partial charge in [0.05, 0.1) is 11.5 Å². The van der Waals surface area contributed by atoms with Crippen molar-refractivity contribution in [3.05, 3.63) is 57.6 Å². The summed E-state index contributed by atoms with van der Waals surface area (Å²) < 4.78 is 7.18. The number of hydrogen-bond donors (Lipinski definition) is 0. The molecular weight excluding hydrogens is 358 g/mol. The lowest BCUT2D eigenvalue weighted by Crippen LogP contribution is -2.02. The Kier molecular flexibility index (Phi) is 3.89. The molecule has 0 radical (unpaired) electrons. The van der Waals surface area contributed by atoms with Crippen LogP contribution in [0.3, 0.4) is 0 Å². The number of aromatic nitrogens is 4. The lowest BCUT2D eigenvalue weighted by atomic mass is 10.2. The summed E-state index contributed by atoms with van der Waals surface area (Å²) in [5.74, 6) is 0.812. The zero-order valence-corrected chi connectivity index (χ0v) is 14.3. The van der Waals surface area contributed by atoms with E-state index in [-0.39, 0.29) is 10.7 Å². The Morgan fingerprint density at radius 3 is 2.69 bits per heavy atom. The number of halogens is 1. The Balaban J connectivity index is 2.01. The van der Waals surface area contributed by atoms with Crippen LogP contribution in [0.25, 0.3) is 27.8 Å². The van der Waals surface area contributed by atoms with Crippen molar-refractivity contribution < 1.29 is 9.66 Å². The maximum Gasteiger partial charge on any atom is 0.288 e. The van der Waals surface area contributed by atoms with E-state index in [9.17, 15) is 10.1 Å². The molecular formula is C17H12ClN5O3. The fourth-order valence-corrected chi connectivity index (χ4v) is 2.95. The smallest absolute Gasteiger partial charge is 0.288 e. The molecule has 0 N–H and O–H groups in total. The number of ether oxygens (including phenoxy) is 1. The van der Waals surface area contributed by atoms with E-state index in [2.05, 4.69) is 15.3 Å². The zero-order chi connectivity index (χ0) is 18.3. The number of nitrogens with zero attached hydrogens (tertiary/aromatic N) is 5. The van der Waals surface area contributed by atoms with Gasteiger partial charge < -0.3 is 4.74 Å². The topological polar surface area (TPSA) is 95.5 Å². The van der Waals surface area contributed by atoms with Crippen molar-refractivity contribution in [2.75, 3.05) is 6.61 Å². The molecule has 0 amide bonds. The highest BCUT2D eigenvalue weighted by Crippen LogP contribution is 2.32. The van der Waals surface area contributed by atoms with E-state index < -0.39 is 4.92 Å². The molecule has 0 atom stereocenters. The van der Waals surface area contributed by atoms with Crippen LogP contribution >= 0.6 is 11.6 Å². The van der Waals surface area contributed by atoms with Gasteiger partial charge in [-0.05, 0) is 25.1 Å². The second-order valence-electron chi connectivity index (χ2n) is 5.47. The van der Waals surface area contributed by atoms with Crippen LogP contribution in [0.2, 0.25) is 5.02 Å². The van der Waals surface area contributed by atoms with E-state index in [1.54, 1.807) is 6.07 Å². The van der Waals surface area contributed by atoms with Crippen LogP contribution in [0.1, 0.15) is 6.92 Å². The van der Waals surface area contributed by atoms with Crippen LogP contribution in [-0.2, 0) is 0 Å². The summed E-state index contributed by atoms with van der Waals surface area (Å²) in [5.41, 5.74) is 0.822. The molecule has 2 heterocycles. The first-order valence-electron chi connectivity index (χ1n) is 7.81. The average molecular weight is 370 g/mol. The molecule has 4 aromatic rings. The minimum absolute atomic E-state index is 0.0565. The molecule has 4 rings (SSSR count). The first-order chi connectivity index (χ1) is 12.6. The Hall–Kier alpha value is -3.26. The molecule has 0 aliphatic carbocycles. The van der Waals surface area contributed by atoms with E-state index in [1.165, 1.54) is 16.6 Å². The molecule has 130 valence electrons. The van der Waals surface area contributed by atoms with Crippen LogP contribution < -0.4 is 4.74 Å². The molecule has 2 aromatic heterocycles. The first kappa shape index (κ1) is 16.2. The van der Waals surface area contributed by atoms with Crippen LogP contribution in [0.4, 0.5) is 5.69 Å². The summed E-state index contributed by atoms with van der Waals surface area (Å²) in [7, 11) is 0. The Morgan fingerprint density at radius 2 is 1.96 bits per heavy atom. The standard InChI is InChI=1S/C17H12ClN5O3/c1-2-26-17-12-6-4-3-5-11(12)16-20-19-15(22(16)21-17)10-7-8-13(18)14(9-10)23(24)25/h3-9H,2H2,1H3. The highest BCUT2D eigenvalue weighted by molar-refractivity contribution is 6.32. The van der Waals surface area contributed by atoms with E-state index in [1.807, 2.05) is 31.2 Å². The van der Waals surface area contributed by atoms with Crippen molar-refractivity contribution in [3.63, 3.8) is 0 Å². The number of nitro groups is 1. The molecule has 0 bridgehead atoms. The minimum Gasteiger partial charge on any atom is -0.476 e. The molecule has 26 heavy (non-hydrogen) atoms. The summed E-state index contributed by atoms with van der Waals surface area (Å²) in [6.07, 6.45) is 0. The number of rotatable bonds is 4. The highest BCUT2D eigenvalue weighted by Gasteiger charge is 2.19. The molecule has 0 spiro atoms. The van der Waals surface area contributed by atoms with Gasteiger partial charge in [-0.25, -0.2) is 0 Å². The second kappa shape index (κ2) is 6.23. The van der Waals surface area contributed by atoms with Gasteiger partial charge in [-0.15, -0.1) is 15.3 Å². The van der Waals surface area contributed by atoms with Crippen LogP contribution in [0, 0.1) is 10.1 Å². The lowest BCUT2D eigenvalue weighted by molar-refractivity contribution is -0.384. The molecule has 0 unspecified atom stereocenters. The molecule has 0 aliphatic heterocycles. The van der Waals surface area contributed by atoms with Crippen molar-refractivity contribution >= 4 is 33.7 Å². The number of hydrogen-bond acceptors (Lipinski definition) is 6. The van der Waals surface area contributed by atoms with Gasteiger partial charge in [0.15, 0.2) is 11.5 Å². The van der Waals surface area contributed by atoms with E-state index in [0.29, 0.717) is 29.5 Å². The summed E-state index contributed by atoms with van der Waals surface area (Å²) in [4.78, 5) is 10.6. The van der Waals surface area contributed by atoms with Crippen molar-refractivity contribution in [3.8, 4) is 17.3 Å². The monoisotopic (exact) mass is 369 g/mol. The van der Waals surface area contributed by atoms with Gasteiger partial charge in [-0.1, -0.05) is 29.8 Å². The second-order valence-corrected chi connectivity index (χ2v) is 5.87. The van der Waals surface area contributed by atoms with Gasteiger partial charge in [-0.2, -0.15) is 4.52 Å². The summed E-state index contributed by atoms with van der Waals surface area (Å²) in [6, 6.07) is 12.0. The van der Waals surface area contributed by atoms with Crippen molar-refractivity contribution in [1.29, 1.82) is 0 Å². The highest BCUT2D eigenvalue weighted by atomic mass is 35.5. The number of nitro benzene ring substituents is 1. The van der Waals surface area contributed by atoms with E-state index >= 15 is 0 Å². The minimum atomic E-state index is -0.538. The Morgan fingerprint density at radius 1 is 1.19 bits per heavy atom. The van der Waals surface area contributed by atoms with Gasteiger partial charge in [0.25, 0.3) is 5.69 Å². The normalized spacial score (nSPS) is 11.2. The molecule has 0 aliphatic rings. The third-order valence-corrected chi connectivity index (χ3v) is 4.23. The van der Waals surface area contributed by atoms with Gasteiger partial charge in [0, 0.05) is 22.4 Å². The Bertz CT molecular complexity index is 1160. The predicted molar refractivity (Wildman–Crippen MR) is 96.6 cm³/mol. The summed E-state index contributed by atoms with van der Waals surface area (Å²) in [6.45, 7) is 2.32. The van der Waals surface area contributed by atoms with Gasteiger partial charge in [-0.3, -0.25) is 10.1 Å². The fraction of sp³-hybridized carbons (Fsp3) is 0.118. The first-order valence-corrected chi connectivity index (χ1v) is 8.19. The van der Waals surface area contributed by atoms with Gasteiger partial charge in [0.2, 0.25) is 5.88 Å². The molecule has 2 aromatic carbocycles. The molecule has 0 saturated carbocycles. The van der Waals surface area contributed by atoms with Gasteiger partial charge in [0.1, 0.15) is 5.02 Å². The predicted octanol–water partition coefficient (Wildman–Crippen LogP) is 3.90. The average Bonchev–Trinajstić information content (AvgIpc) is 3.06. The molecule has 0 fully saturated rings. The van der Waals surface area contributed by atoms with Crippen LogP contribution in [0.15, 0.2) is 42.5 Å². The fourth-order valence-electron chi connectivity index (χ4n) is 2.77. The quantitative estimate of drug-likeness (QED) is 0.400. The lowest BCUT2D eigenvalue weighted by Gasteiger charge is -2.08. The van der Waals surface area contributed by atoms with Crippen molar-refractivity contribution in [2.24, 2.45) is 0 Å². The third-order valence-electron chi connectivity index (χ3n) is 3.91. The number of fused-ring (bicyclic) bond motifs is 3. The maximum absolute atomic E-state index is 11.2. The van der Waals surface area contributed by atoms with E-state index in [0.717, 1.165) is 10.8 Å². The largest absolute Gasteiger partial charge is 0.476 e. The number of benzene rings is 2. The zero-order valence-electron chi connectivity index (χ0n) is 13.6. The summed E-state index contributed by atoms with van der Waals surface area (Å²) >= 11 is 5.90. The Labute approximate surface area is 152 Å². The van der Waals surface area contributed by atoms with Gasteiger partial charge >= 0.3 is 0 Å². The van der Waals surface area contributed by atoms with E-state index in [4.69, 9.17) is 16.3 Å². The van der Waals surface area contributed by atoms with Crippen molar-refractivity contribution in [2.45, 2.75) is 6.92 Å². The molecule has 8 nitrogen and oxygen atoms in total. The molecule has 0 saturated heterocycles. The molecule has 9 heteroatoms. The SMILES string of the molecule is CCOc1nn2c(-c3ccc(Cl)c([N+](=O)[O-])c3)nnc2c2ccccc12. The summed E-state index contributed by atoms with van der Waals surface area (Å²) in [5, 5.41) is 25.8. The van der Waals surface area contributed by atoms with Crippen LogP contribution in [-0.4, -0.2) is 31.3 Å². The van der Waals surface area contributed by atoms with Crippen LogP contribution in [0.5, 0.6) is 5.88 Å². The third kappa shape index (κ3) is 2.51. The van der Waals surface area contributed by atoms with Crippen molar-refractivity contribution in [1.82, 2.24) is 19.8 Å².